The van der Waals surface area contributed by atoms with Crippen LogP contribution < -0.4 is 15.0 Å². The van der Waals surface area contributed by atoms with E-state index in [4.69, 9.17) is 28.7 Å². The van der Waals surface area contributed by atoms with Crippen molar-refractivity contribution in [3.63, 3.8) is 0 Å². The van der Waals surface area contributed by atoms with E-state index in [9.17, 15) is 0 Å². The molecule has 3 aromatic carbocycles. The number of hydrogen-bond donors (Lipinski definition) is 1. The highest BCUT2D eigenvalue weighted by molar-refractivity contribution is 6.06. The lowest BCUT2D eigenvalue weighted by molar-refractivity contribution is 0.00206. The monoisotopic (exact) mass is 531 g/mol. The fourth-order valence-electron chi connectivity index (χ4n) is 5.65. The van der Waals surface area contributed by atoms with Gasteiger partial charge in [-0.3, -0.25) is 4.99 Å². The normalized spacial score (nSPS) is 23.8. The van der Waals surface area contributed by atoms with Crippen LogP contribution in [0.2, 0.25) is 0 Å². The van der Waals surface area contributed by atoms with E-state index < -0.39 is 5.72 Å². The van der Waals surface area contributed by atoms with E-state index in [0.29, 0.717) is 65.9 Å². The molecule has 3 aliphatic heterocycles. The van der Waals surface area contributed by atoms with Crippen molar-refractivity contribution < 1.29 is 23.7 Å². The number of ether oxygens (including phenoxy) is 5. The van der Waals surface area contributed by atoms with Crippen molar-refractivity contribution in [3.05, 3.63) is 60.2 Å². The Morgan fingerprint density at radius 1 is 0.744 bits per heavy atom. The molecule has 1 saturated heterocycles. The van der Waals surface area contributed by atoms with Gasteiger partial charge in [0.05, 0.1) is 64.5 Å². The Morgan fingerprint density at radius 3 is 2.00 bits per heavy atom. The second-order valence-corrected chi connectivity index (χ2v) is 10.6. The van der Waals surface area contributed by atoms with Crippen molar-refractivity contribution in [2.45, 2.75) is 25.0 Å². The summed E-state index contributed by atoms with van der Waals surface area (Å²) in [5.74, 6) is 0.763. The van der Waals surface area contributed by atoms with E-state index in [1.54, 1.807) is 0 Å². The maximum absolute atomic E-state index is 6.92. The highest BCUT2D eigenvalue weighted by atomic mass is 16.6. The SMILES string of the molecule is CC1(C)c2ccccc2NC12C=Nc1c(cc(N3CCOCCOCCOCCOCC3)c3ccccc13)O2. The summed E-state index contributed by atoms with van der Waals surface area (Å²) in [7, 11) is 0. The van der Waals surface area contributed by atoms with Gasteiger partial charge in [0.1, 0.15) is 5.69 Å². The molecule has 1 unspecified atom stereocenters. The van der Waals surface area contributed by atoms with Crippen LogP contribution >= 0.6 is 0 Å². The van der Waals surface area contributed by atoms with E-state index in [2.05, 4.69) is 72.6 Å². The summed E-state index contributed by atoms with van der Waals surface area (Å²) >= 11 is 0. The van der Waals surface area contributed by atoms with Crippen molar-refractivity contribution in [1.29, 1.82) is 0 Å². The molecule has 206 valence electrons. The van der Waals surface area contributed by atoms with Crippen molar-refractivity contribution >= 4 is 34.0 Å². The van der Waals surface area contributed by atoms with Crippen LogP contribution in [0.3, 0.4) is 0 Å². The molecule has 1 atom stereocenters. The van der Waals surface area contributed by atoms with Gasteiger partial charge in [0.15, 0.2) is 5.75 Å². The van der Waals surface area contributed by atoms with Gasteiger partial charge in [0.2, 0.25) is 5.72 Å². The number of anilines is 2. The van der Waals surface area contributed by atoms with Crippen molar-refractivity contribution in [2.24, 2.45) is 4.99 Å². The Bertz CT molecular complexity index is 1330. The summed E-state index contributed by atoms with van der Waals surface area (Å²) in [6.45, 7) is 10.4. The first kappa shape index (κ1) is 26.1. The number of nitrogens with zero attached hydrogens (tertiary/aromatic N) is 2. The molecule has 8 nitrogen and oxygen atoms in total. The number of benzene rings is 3. The predicted molar refractivity (Wildman–Crippen MR) is 154 cm³/mol. The molecule has 1 spiro atoms. The standard InChI is InChI=1S/C31H37N3O5/c1-30(2)25-9-5-6-10-26(25)33-31(30)22-32-29-24-8-4-3-7-23(24)27(21-28(29)39-31)34-11-13-35-15-17-37-19-20-38-18-16-36-14-12-34/h3-10,21-22,33H,11-20H2,1-2H3. The lowest BCUT2D eigenvalue weighted by Crippen LogP contribution is -2.56. The minimum atomic E-state index is -0.785. The van der Waals surface area contributed by atoms with E-state index in [0.717, 1.165) is 33.6 Å². The Morgan fingerprint density at radius 2 is 1.33 bits per heavy atom. The second kappa shape index (κ2) is 11.1. The van der Waals surface area contributed by atoms with E-state index in [1.807, 2.05) is 12.3 Å². The molecular weight excluding hydrogens is 494 g/mol. The Hall–Kier alpha value is -3.17. The van der Waals surface area contributed by atoms with Crippen LogP contribution in [0, 0.1) is 0 Å². The zero-order valence-electron chi connectivity index (χ0n) is 22.8. The minimum absolute atomic E-state index is 0.328. The van der Waals surface area contributed by atoms with Crippen LogP contribution in [0.4, 0.5) is 17.1 Å². The number of para-hydroxylation sites is 1. The van der Waals surface area contributed by atoms with Gasteiger partial charge in [-0.1, -0.05) is 42.5 Å². The quantitative estimate of drug-likeness (QED) is 0.478. The second-order valence-electron chi connectivity index (χ2n) is 10.6. The third-order valence-electron chi connectivity index (χ3n) is 7.92. The number of hydrogen-bond acceptors (Lipinski definition) is 8. The highest BCUT2D eigenvalue weighted by Gasteiger charge is 2.55. The molecule has 0 aliphatic carbocycles. The van der Waals surface area contributed by atoms with Crippen molar-refractivity contribution in [2.75, 3.05) is 76.2 Å². The molecule has 3 aliphatic rings. The number of fused-ring (bicyclic) bond motifs is 4. The molecule has 0 aromatic heterocycles. The van der Waals surface area contributed by atoms with E-state index >= 15 is 0 Å². The largest absolute Gasteiger partial charge is 0.460 e. The predicted octanol–water partition coefficient (Wildman–Crippen LogP) is 4.92. The van der Waals surface area contributed by atoms with Gasteiger partial charge in [-0.2, -0.15) is 0 Å². The van der Waals surface area contributed by atoms with Crippen LogP contribution in [-0.2, 0) is 24.4 Å². The zero-order valence-corrected chi connectivity index (χ0v) is 22.8. The molecule has 0 radical (unpaired) electrons. The summed E-state index contributed by atoms with van der Waals surface area (Å²) in [5.41, 5.74) is 3.11. The Labute approximate surface area is 229 Å². The lowest BCUT2D eigenvalue weighted by atomic mass is 9.78. The summed E-state index contributed by atoms with van der Waals surface area (Å²) in [6.07, 6.45) is 1.94. The van der Waals surface area contributed by atoms with Gasteiger partial charge in [-0.05, 0) is 25.5 Å². The van der Waals surface area contributed by atoms with Crippen molar-refractivity contribution in [1.82, 2.24) is 0 Å². The Kier molecular flexibility index (Phi) is 7.44. The molecule has 6 rings (SSSR count). The summed E-state index contributed by atoms with van der Waals surface area (Å²) < 4.78 is 29.9. The third kappa shape index (κ3) is 4.98. The van der Waals surface area contributed by atoms with Gasteiger partial charge in [0.25, 0.3) is 0 Å². The number of nitrogens with one attached hydrogen (secondary N) is 1. The lowest BCUT2D eigenvalue weighted by Gasteiger charge is -2.41. The van der Waals surface area contributed by atoms with Crippen LogP contribution in [0.25, 0.3) is 10.8 Å². The van der Waals surface area contributed by atoms with Crippen molar-refractivity contribution in [3.8, 4) is 5.75 Å². The Balaban J connectivity index is 1.34. The first-order chi connectivity index (χ1) is 19.1. The van der Waals surface area contributed by atoms with Gasteiger partial charge >= 0.3 is 0 Å². The maximum Gasteiger partial charge on any atom is 0.226 e. The first-order valence-electron chi connectivity index (χ1n) is 13.8. The average Bonchev–Trinajstić information content (AvgIpc) is 3.15. The molecule has 1 fully saturated rings. The average molecular weight is 532 g/mol. The fourth-order valence-corrected chi connectivity index (χ4v) is 5.65. The van der Waals surface area contributed by atoms with Crippen LogP contribution in [0.1, 0.15) is 19.4 Å². The molecule has 0 bridgehead atoms. The number of aliphatic imine (C=N–C) groups is 1. The first-order valence-corrected chi connectivity index (χ1v) is 13.8. The molecular formula is C31H37N3O5. The topological polar surface area (TPSA) is 73.8 Å². The van der Waals surface area contributed by atoms with Gasteiger partial charge in [0, 0.05) is 41.3 Å². The highest BCUT2D eigenvalue weighted by Crippen LogP contribution is 2.52. The zero-order chi connectivity index (χ0) is 26.7. The molecule has 1 N–H and O–H groups in total. The van der Waals surface area contributed by atoms with Crippen LogP contribution in [0.5, 0.6) is 5.75 Å². The van der Waals surface area contributed by atoms with E-state index in [-0.39, 0.29) is 5.41 Å². The molecule has 0 amide bonds. The van der Waals surface area contributed by atoms with Crippen LogP contribution in [-0.4, -0.2) is 77.9 Å². The molecule has 3 aromatic rings. The number of rotatable bonds is 1. The van der Waals surface area contributed by atoms with Crippen LogP contribution in [0.15, 0.2) is 59.6 Å². The molecule has 8 heteroatoms. The summed E-state index contributed by atoms with van der Waals surface area (Å²) in [5, 5.41) is 5.83. The summed E-state index contributed by atoms with van der Waals surface area (Å²) in [6, 6.07) is 18.9. The molecule has 39 heavy (non-hydrogen) atoms. The fraction of sp³-hybridized carbons (Fsp3) is 0.452. The minimum Gasteiger partial charge on any atom is -0.460 e. The smallest absolute Gasteiger partial charge is 0.226 e. The molecule has 0 saturated carbocycles. The van der Waals surface area contributed by atoms with Gasteiger partial charge < -0.3 is 33.9 Å². The maximum atomic E-state index is 6.92. The molecule has 3 heterocycles. The van der Waals surface area contributed by atoms with Gasteiger partial charge in [-0.25, -0.2) is 0 Å². The van der Waals surface area contributed by atoms with Gasteiger partial charge in [-0.15, -0.1) is 0 Å². The summed E-state index contributed by atoms with van der Waals surface area (Å²) in [4.78, 5) is 7.34. The van der Waals surface area contributed by atoms with E-state index in [1.165, 1.54) is 5.56 Å². The third-order valence-corrected chi connectivity index (χ3v) is 7.92.